The fourth-order valence-electron chi connectivity index (χ4n) is 1.57. The van der Waals surface area contributed by atoms with Crippen LogP contribution in [0.4, 0.5) is 0 Å². The zero-order valence-corrected chi connectivity index (χ0v) is 10.1. The van der Waals surface area contributed by atoms with Crippen molar-refractivity contribution in [2.24, 2.45) is 0 Å². The third kappa shape index (κ3) is 2.19. The monoisotopic (exact) mass is 300 g/mol. The van der Waals surface area contributed by atoms with E-state index in [-0.39, 0.29) is 16.9 Å². The minimum atomic E-state index is -1.17. The van der Waals surface area contributed by atoms with Gasteiger partial charge in [-0.2, -0.15) is 0 Å². The second-order valence-corrected chi connectivity index (χ2v) is 4.37. The fraction of sp³-hybridized carbons (Fsp3) is 0.182. The smallest absolute Gasteiger partial charge is 0.336 e. The van der Waals surface area contributed by atoms with E-state index in [4.69, 9.17) is 9.52 Å². The molecular weight excluding hydrogens is 292 g/mol. The Kier molecular flexibility index (Phi) is 3.19. The zero-order valence-electron chi connectivity index (χ0n) is 8.55. The van der Waals surface area contributed by atoms with Gasteiger partial charge < -0.3 is 19.7 Å². The number of phenolic OH excluding ortho intramolecular Hbond substituents is 1. The summed E-state index contributed by atoms with van der Waals surface area (Å²) in [6.07, 6.45) is -1.17. The number of halogens is 1. The van der Waals surface area contributed by atoms with E-state index in [9.17, 15) is 15.0 Å². The van der Waals surface area contributed by atoms with Crippen LogP contribution < -0.4 is 5.63 Å². The van der Waals surface area contributed by atoms with Crippen molar-refractivity contribution in [3.8, 4) is 5.75 Å². The SMILES string of the molecule is O=c1cc(C(O)CO)c2cc(Br)c(O)cc2o1. The second-order valence-electron chi connectivity index (χ2n) is 3.52. The maximum atomic E-state index is 11.3. The maximum absolute atomic E-state index is 11.3. The van der Waals surface area contributed by atoms with Gasteiger partial charge in [0, 0.05) is 23.1 Å². The van der Waals surface area contributed by atoms with Crippen LogP contribution in [-0.2, 0) is 0 Å². The van der Waals surface area contributed by atoms with Gasteiger partial charge in [-0.1, -0.05) is 0 Å². The van der Waals surface area contributed by atoms with Gasteiger partial charge in [0.2, 0.25) is 0 Å². The number of fused-ring (bicyclic) bond motifs is 1. The Hall–Kier alpha value is -1.37. The lowest BCUT2D eigenvalue weighted by Crippen LogP contribution is -2.08. The van der Waals surface area contributed by atoms with Gasteiger partial charge in [0.15, 0.2) is 0 Å². The molecule has 0 bridgehead atoms. The number of hydrogen-bond acceptors (Lipinski definition) is 5. The van der Waals surface area contributed by atoms with E-state index in [1.165, 1.54) is 12.1 Å². The summed E-state index contributed by atoms with van der Waals surface area (Å²) in [6, 6.07) is 3.91. The lowest BCUT2D eigenvalue weighted by molar-refractivity contribution is 0.0963. The maximum Gasteiger partial charge on any atom is 0.336 e. The molecule has 5 nitrogen and oxygen atoms in total. The molecule has 1 unspecified atom stereocenters. The minimum absolute atomic E-state index is 0.0729. The number of rotatable bonds is 2. The number of benzene rings is 1. The van der Waals surface area contributed by atoms with E-state index in [2.05, 4.69) is 15.9 Å². The number of aliphatic hydroxyl groups is 2. The Bertz CT molecular complexity index is 619. The van der Waals surface area contributed by atoms with Crippen LogP contribution in [0.2, 0.25) is 0 Å². The number of aliphatic hydroxyl groups excluding tert-OH is 2. The summed E-state index contributed by atoms with van der Waals surface area (Å²) in [6.45, 7) is -0.503. The summed E-state index contributed by atoms with van der Waals surface area (Å²) < 4.78 is 5.31. The molecule has 6 heteroatoms. The molecule has 3 N–H and O–H groups in total. The molecule has 0 amide bonds. The third-order valence-corrected chi connectivity index (χ3v) is 3.01. The highest BCUT2D eigenvalue weighted by Gasteiger charge is 2.14. The van der Waals surface area contributed by atoms with E-state index in [1.54, 1.807) is 0 Å². The molecule has 0 aliphatic carbocycles. The summed E-state index contributed by atoms with van der Waals surface area (Å²) in [5.41, 5.74) is -0.234. The highest BCUT2D eigenvalue weighted by Crippen LogP contribution is 2.32. The van der Waals surface area contributed by atoms with Gasteiger partial charge in [-0.05, 0) is 22.0 Å². The molecule has 0 fully saturated rings. The van der Waals surface area contributed by atoms with Crippen LogP contribution >= 0.6 is 15.9 Å². The molecule has 1 heterocycles. The van der Waals surface area contributed by atoms with Gasteiger partial charge in [0.25, 0.3) is 0 Å². The van der Waals surface area contributed by atoms with Crippen LogP contribution in [0.3, 0.4) is 0 Å². The Labute approximate surface area is 104 Å². The topological polar surface area (TPSA) is 90.9 Å². The standard InChI is InChI=1S/C11H9BrO5/c12-7-1-6-5(9(15)4-13)2-11(16)17-10(6)3-8(7)14/h1-3,9,13-15H,4H2. The van der Waals surface area contributed by atoms with Crippen LogP contribution in [0, 0.1) is 0 Å². The highest BCUT2D eigenvalue weighted by atomic mass is 79.9. The third-order valence-electron chi connectivity index (χ3n) is 2.38. The summed E-state index contributed by atoms with van der Waals surface area (Å²) >= 11 is 3.13. The molecule has 1 aromatic heterocycles. The molecule has 90 valence electrons. The zero-order chi connectivity index (χ0) is 12.6. The number of aromatic hydroxyl groups is 1. The normalized spacial score (nSPS) is 12.9. The summed E-state index contributed by atoms with van der Waals surface area (Å²) in [4.78, 5) is 11.3. The average Bonchev–Trinajstić information content (AvgIpc) is 2.29. The number of hydrogen-bond donors (Lipinski definition) is 3. The molecule has 0 saturated carbocycles. The first-order valence-electron chi connectivity index (χ1n) is 4.78. The highest BCUT2D eigenvalue weighted by molar-refractivity contribution is 9.10. The minimum Gasteiger partial charge on any atom is -0.507 e. The van der Waals surface area contributed by atoms with Gasteiger partial charge in [0.05, 0.1) is 11.1 Å². The van der Waals surface area contributed by atoms with Crippen LogP contribution in [0.5, 0.6) is 5.75 Å². The molecule has 17 heavy (non-hydrogen) atoms. The van der Waals surface area contributed by atoms with Gasteiger partial charge >= 0.3 is 5.63 Å². The van der Waals surface area contributed by atoms with Gasteiger partial charge in [-0.15, -0.1) is 0 Å². The van der Waals surface area contributed by atoms with Crippen LogP contribution in [0.1, 0.15) is 11.7 Å². The quantitative estimate of drug-likeness (QED) is 0.727. The second kappa shape index (κ2) is 4.48. The van der Waals surface area contributed by atoms with Crippen LogP contribution in [0.25, 0.3) is 11.0 Å². The molecule has 0 saturated heterocycles. The van der Waals surface area contributed by atoms with E-state index < -0.39 is 18.3 Å². The first-order valence-corrected chi connectivity index (χ1v) is 5.57. The Balaban J connectivity index is 2.83. The molecule has 0 radical (unpaired) electrons. The molecule has 0 aliphatic rings. The predicted molar refractivity (Wildman–Crippen MR) is 63.9 cm³/mol. The summed E-state index contributed by atoms with van der Waals surface area (Å²) in [5.74, 6) is -0.0729. The van der Waals surface area contributed by atoms with Crippen molar-refractivity contribution in [3.05, 3.63) is 38.7 Å². The Morgan fingerprint density at radius 2 is 2.06 bits per heavy atom. The lowest BCUT2D eigenvalue weighted by atomic mass is 10.1. The Morgan fingerprint density at radius 3 is 2.71 bits per heavy atom. The molecule has 2 aromatic rings. The van der Waals surface area contributed by atoms with Crippen LogP contribution in [-0.4, -0.2) is 21.9 Å². The van der Waals surface area contributed by atoms with E-state index in [0.29, 0.717) is 9.86 Å². The van der Waals surface area contributed by atoms with Crippen molar-refractivity contribution in [3.63, 3.8) is 0 Å². The van der Waals surface area contributed by atoms with Crippen LogP contribution in [0.15, 0.2) is 31.9 Å². The molecule has 1 atom stereocenters. The molecule has 0 aliphatic heterocycles. The fourth-order valence-corrected chi connectivity index (χ4v) is 1.91. The van der Waals surface area contributed by atoms with Crippen molar-refractivity contribution in [1.82, 2.24) is 0 Å². The van der Waals surface area contributed by atoms with Crippen molar-refractivity contribution >= 4 is 26.9 Å². The predicted octanol–water partition coefficient (Wildman–Crippen LogP) is 1.29. The lowest BCUT2D eigenvalue weighted by Gasteiger charge is -2.10. The molecule has 2 rings (SSSR count). The van der Waals surface area contributed by atoms with E-state index in [1.807, 2.05) is 0 Å². The van der Waals surface area contributed by atoms with Crippen molar-refractivity contribution in [2.75, 3.05) is 6.61 Å². The summed E-state index contributed by atoms with van der Waals surface area (Å²) in [5, 5.41) is 28.5. The molecular formula is C11H9BrO5. The van der Waals surface area contributed by atoms with E-state index in [0.717, 1.165) is 6.07 Å². The number of phenols is 1. The van der Waals surface area contributed by atoms with Gasteiger partial charge in [0.1, 0.15) is 17.4 Å². The van der Waals surface area contributed by atoms with E-state index >= 15 is 0 Å². The first kappa shape index (κ1) is 12.1. The van der Waals surface area contributed by atoms with Crippen molar-refractivity contribution in [1.29, 1.82) is 0 Å². The van der Waals surface area contributed by atoms with Gasteiger partial charge in [-0.25, -0.2) is 4.79 Å². The van der Waals surface area contributed by atoms with Crippen molar-refractivity contribution in [2.45, 2.75) is 6.10 Å². The molecule has 0 spiro atoms. The van der Waals surface area contributed by atoms with Gasteiger partial charge in [-0.3, -0.25) is 0 Å². The largest absolute Gasteiger partial charge is 0.507 e. The molecule has 1 aromatic carbocycles. The summed E-state index contributed by atoms with van der Waals surface area (Å²) in [7, 11) is 0. The first-order chi connectivity index (χ1) is 8.02. The Morgan fingerprint density at radius 1 is 1.35 bits per heavy atom. The average molecular weight is 301 g/mol. The van der Waals surface area contributed by atoms with Crippen molar-refractivity contribution < 1.29 is 19.7 Å².